The summed E-state index contributed by atoms with van der Waals surface area (Å²) in [6, 6.07) is 7.65. The van der Waals surface area contributed by atoms with Gasteiger partial charge in [-0.05, 0) is 24.3 Å². The minimum atomic E-state index is -2.86. The van der Waals surface area contributed by atoms with E-state index >= 15 is 0 Å². The molecule has 1 fully saturated rings. The van der Waals surface area contributed by atoms with Crippen molar-refractivity contribution in [2.45, 2.75) is 24.6 Å². The van der Waals surface area contributed by atoms with Crippen molar-refractivity contribution in [2.75, 3.05) is 6.61 Å². The van der Waals surface area contributed by atoms with Crippen molar-refractivity contribution in [1.29, 1.82) is 0 Å². The van der Waals surface area contributed by atoms with E-state index in [2.05, 4.69) is 4.18 Å². The Kier molecular flexibility index (Phi) is 6.25. The lowest BCUT2D eigenvalue weighted by Gasteiger charge is -2.36. The monoisotopic (exact) mass is 482 g/mol. The van der Waals surface area contributed by atoms with E-state index in [-0.39, 0.29) is 16.9 Å². The third kappa shape index (κ3) is 4.50. The van der Waals surface area contributed by atoms with Crippen LogP contribution in [0.25, 0.3) is 22.3 Å². The molecule has 0 saturated carbocycles. The second kappa shape index (κ2) is 8.97. The molecule has 5 atom stereocenters. The number of hydrogen-bond donors (Lipinski definition) is 6. The smallest absolute Gasteiger partial charge is 0.302 e. The van der Waals surface area contributed by atoms with Crippen LogP contribution < -0.4 is 10.2 Å². The average Bonchev–Trinajstić information content (AvgIpc) is 2.76. The van der Waals surface area contributed by atoms with Gasteiger partial charge < -0.3 is 39.4 Å². The molecule has 1 aliphatic rings. The highest BCUT2D eigenvalue weighted by Crippen LogP contribution is 2.41. The minimum Gasteiger partial charge on any atom is -0.508 e. The number of aromatic hydroxyl groups is 3. The van der Waals surface area contributed by atoms with E-state index in [1.54, 1.807) is 0 Å². The molecule has 2 heterocycles. The zero-order valence-corrected chi connectivity index (χ0v) is 17.3. The van der Waals surface area contributed by atoms with Gasteiger partial charge in [-0.25, -0.2) is 0 Å². The van der Waals surface area contributed by atoms with Crippen molar-refractivity contribution >= 4 is 22.3 Å². The average molecular weight is 482 g/mol. The molecule has 1 saturated heterocycles. The van der Waals surface area contributed by atoms with Crippen LogP contribution in [-0.2, 0) is 20.3 Å². The molecule has 13 heteroatoms. The molecule has 1 unspecified atom stereocenters. The number of ether oxygens (including phenoxy) is 2. The molecule has 12 nitrogen and oxygen atoms in total. The lowest BCUT2D eigenvalue weighted by molar-refractivity contribution is -0.234. The van der Waals surface area contributed by atoms with Crippen LogP contribution in [0.1, 0.15) is 0 Å². The predicted molar refractivity (Wildman–Crippen MR) is 111 cm³/mol. The molecule has 1 aliphatic heterocycles. The summed E-state index contributed by atoms with van der Waals surface area (Å²) in [7, 11) is 0. The van der Waals surface area contributed by atoms with E-state index in [4.69, 9.17) is 18.4 Å². The summed E-state index contributed by atoms with van der Waals surface area (Å²) in [6.45, 7) is -0.426. The van der Waals surface area contributed by atoms with Gasteiger partial charge in [0.15, 0.2) is 22.9 Å². The topological polar surface area (TPSA) is 196 Å². The minimum absolute atomic E-state index is 0.0153. The van der Waals surface area contributed by atoms with Crippen molar-refractivity contribution in [1.82, 2.24) is 0 Å². The van der Waals surface area contributed by atoms with Crippen LogP contribution in [-0.4, -0.2) is 65.5 Å². The number of benzene rings is 2. The molecule has 176 valence electrons. The van der Waals surface area contributed by atoms with Gasteiger partial charge in [-0.2, -0.15) is 4.21 Å². The first-order valence-corrected chi connectivity index (χ1v) is 10.4. The molecule has 0 aliphatic carbocycles. The first-order chi connectivity index (χ1) is 15.7. The Morgan fingerprint density at radius 3 is 2.42 bits per heavy atom. The van der Waals surface area contributed by atoms with Gasteiger partial charge in [0.2, 0.25) is 12.0 Å². The molecule has 0 amide bonds. The van der Waals surface area contributed by atoms with Gasteiger partial charge in [0, 0.05) is 17.7 Å². The van der Waals surface area contributed by atoms with E-state index in [1.165, 1.54) is 24.3 Å². The summed E-state index contributed by atoms with van der Waals surface area (Å²) in [5.74, 6) is -1.78. The third-order valence-electron chi connectivity index (χ3n) is 4.94. The number of hydrogen-bond acceptors (Lipinski definition) is 11. The van der Waals surface area contributed by atoms with E-state index < -0.39 is 70.8 Å². The van der Waals surface area contributed by atoms with E-state index in [9.17, 15) is 34.5 Å². The van der Waals surface area contributed by atoms with Crippen LogP contribution in [0, 0.1) is 0 Å². The van der Waals surface area contributed by atoms with Crippen molar-refractivity contribution in [3.63, 3.8) is 0 Å². The van der Waals surface area contributed by atoms with E-state index in [0.717, 1.165) is 12.1 Å². The first-order valence-electron chi connectivity index (χ1n) is 9.40. The van der Waals surface area contributed by atoms with Gasteiger partial charge >= 0.3 is 11.4 Å². The number of aliphatic hydroxyl groups is 2. The molecule has 2 aromatic carbocycles. The Bertz CT molecular complexity index is 1250. The fourth-order valence-electron chi connectivity index (χ4n) is 3.33. The molecule has 0 spiro atoms. The maximum absolute atomic E-state index is 12.6. The maximum atomic E-state index is 12.6. The fraction of sp³-hybridized carbons (Fsp3) is 0.250. The van der Waals surface area contributed by atoms with E-state index in [0.29, 0.717) is 5.56 Å². The summed E-state index contributed by atoms with van der Waals surface area (Å²) in [5, 5.41) is 50.0. The van der Waals surface area contributed by atoms with E-state index in [1.807, 2.05) is 0 Å². The van der Waals surface area contributed by atoms with Gasteiger partial charge in [0.1, 0.15) is 34.9 Å². The van der Waals surface area contributed by atoms with Crippen LogP contribution in [0.5, 0.6) is 23.0 Å². The largest absolute Gasteiger partial charge is 0.508 e. The number of phenols is 3. The maximum Gasteiger partial charge on any atom is 0.302 e. The molecule has 0 radical (unpaired) electrons. The number of rotatable bonds is 5. The van der Waals surface area contributed by atoms with Gasteiger partial charge in [0.25, 0.3) is 0 Å². The number of phenolic OH excluding ortho intramolecular Hbond substituents is 3. The molecular weight excluding hydrogens is 464 g/mol. The Balaban J connectivity index is 1.77. The molecule has 33 heavy (non-hydrogen) atoms. The third-order valence-corrected chi connectivity index (χ3v) is 5.33. The summed E-state index contributed by atoms with van der Waals surface area (Å²) in [5.41, 5.74) is -0.716. The van der Waals surface area contributed by atoms with Crippen molar-refractivity contribution in [3.05, 3.63) is 46.6 Å². The summed E-state index contributed by atoms with van der Waals surface area (Å²) >= 11 is -2.86. The lowest BCUT2D eigenvalue weighted by atomic mass is 10.1. The number of fused-ring (bicyclic) bond motifs is 1. The van der Waals surface area contributed by atoms with Gasteiger partial charge in [-0.1, -0.05) is 0 Å². The van der Waals surface area contributed by atoms with Crippen LogP contribution >= 0.6 is 0 Å². The normalized spacial score (nSPS) is 24.0. The fourth-order valence-corrected chi connectivity index (χ4v) is 3.72. The highest BCUT2D eigenvalue weighted by molar-refractivity contribution is 7.74. The molecule has 4 rings (SSSR count). The second-order valence-electron chi connectivity index (χ2n) is 7.12. The van der Waals surface area contributed by atoms with Crippen molar-refractivity contribution in [3.8, 4) is 34.3 Å². The first kappa shape index (κ1) is 23.0. The van der Waals surface area contributed by atoms with Crippen LogP contribution in [0.15, 0.2) is 45.6 Å². The standard InChI is InChI=1S/C20H18O12S/c21-9-3-1-8(2-4-9)13-5-10(22)15-11(23)6-14(17(26)18(15)30-13)31-20-19(32-33(27)28)16(25)12(24)7-29-20/h1-6,12,16,19-21,23-26H,7H2,(H,27,28)/t12-,16+,19-,20-/m0/s1. The zero-order valence-electron chi connectivity index (χ0n) is 16.5. The van der Waals surface area contributed by atoms with Crippen LogP contribution in [0.4, 0.5) is 0 Å². The molecule has 6 N–H and O–H groups in total. The molecule has 0 bridgehead atoms. The summed E-state index contributed by atoms with van der Waals surface area (Å²) in [4.78, 5) is 12.6. The van der Waals surface area contributed by atoms with Crippen LogP contribution in [0.2, 0.25) is 0 Å². The van der Waals surface area contributed by atoms with Gasteiger partial charge in [-0.15, -0.1) is 0 Å². The second-order valence-corrected chi connectivity index (χ2v) is 7.75. The van der Waals surface area contributed by atoms with Crippen molar-refractivity contribution < 1.29 is 52.4 Å². The number of aliphatic hydroxyl groups excluding tert-OH is 2. The molecule has 3 aromatic rings. The SMILES string of the molecule is O=c1cc(-c2ccc(O)cc2)oc2c(O)c(O[C@@H]3OC[C@H](O)[C@@H](O)[C@@H]3OS(=O)O)cc(O)c12. The Morgan fingerprint density at radius 1 is 1.06 bits per heavy atom. The Morgan fingerprint density at radius 2 is 1.76 bits per heavy atom. The molecular formula is C20H18O12S. The Labute approximate surface area is 187 Å². The van der Waals surface area contributed by atoms with Gasteiger partial charge in [-0.3, -0.25) is 13.5 Å². The van der Waals surface area contributed by atoms with Gasteiger partial charge in [0.05, 0.1) is 6.61 Å². The highest BCUT2D eigenvalue weighted by Gasteiger charge is 2.43. The van der Waals surface area contributed by atoms with Crippen molar-refractivity contribution in [2.24, 2.45) is 0 Å². The summed E-state index contributed by atoms with van der Waals surface area (Å²) < 4.78 is 41.0. The zero-order chi connectivity index (χ0) is 23.9. The molecule has 1 aromatic heterocycles. The lowest BCUT2D eigenvalue weighted by Crippen LogP contribution is -2.56. The van der Waals surface area contributed by atoms with Crippen LogP contribution in [0.3, 0.4) is 0 Å². The summed E-state index contributed by atoms with van der Waals surface area (Å²) in [6.07, 6.45) is -6.35. The quantitative estimate of drug-likeness (QED) is 0.219. The predicted octanol–water partition coefficient (Wildman–Crippen LogP) is 0.556. The Hall–Kier alpha value is -3.20. The highest BCUT2D eigenvalue weighted by atomic mass is 32.2.